The third-order valence-corrected chi connectivity index (χ3v) is 5.33. The Kier molecular flexibility index (Phi) is 5.06. The van der Waals surface area contributed by atoms with Gasteiger partial charge in [-0.2, -0.15) is 9.78 Å². The van der Waals surface area contributed by atoms with Crippen LogP contribution in [-0.4, -0.2) is 20.7 Å². The molecule has 3 aromatic heterocycles. The van der Waals surface area contributed by atoms with Crippen LogP contribution in [0.15, 0.2) is 82.2 Å². The van der Waals surface area contributed by atoms with Crippen molar-refractivity contribution in [2.45, 2.75) is 13.8 Å². The third-order valence-electron chi connectivity index (χ3n) is 5.33. The minimum Gasteiger partial charge on any atom is -0.463 e. The summed E-state index contributed by atoms with van der Waals surface area (Å²) in [4.78, 5) is 30.0. The van der Waals surface area contributed by atoms with Gasteiger partial charge in [-0.05, 0) is 49.8 Å². The molecule has 5 aromatic rings. The van der Waals surface area contributed by atoms with Gasteiger partial charge in [-0.1, -0.05) is 30.3 Å². The van der Waals surface area contributed by atoms with Gasteiger partial charge in [0.25, 0.3) is 0 Å². The number of benzene rings is 2. The fraction of sp³-hybridized carbons (Fsp3) is 0.0769. The molecule has 0 aliphatic heterocycles. The van der Waals surface area contributed by atoms with Gasteiger partial charge in [-0.25, -0.2) is 4.98 Å². The van der Waals surface area contributed by atoms with E-state index in [4.69, 9.17) is 9.40 Å². The maximum absolute atomic E-state index is 12.6. The highest BCUT2D eigenvalue weighted by Crippen LogP contribution is 2.22. The number of aromatic nitrogens is 3. The summed E-state index contributed by atoms with van der Waals surface area (Å²) in [5.41, 5.74) is 3.24. The van der Waals surface area contributed by atoms with Crippen molar-refractivity contribution in [3.63, 3.8) is 0 Å². The van der Waals surface area contributed by atoms with Crippen molar-refractivity contribution in [1.82, 2.24) is 14.8 Å². The predicted molar refractivity (Wildman–Crippen MR) is 128 cm³/mol. The molecule has 162 valence electrons. The molecular weight excluding hydrogens is 416 g/mol. The van der Waals surface area contributed by atoms with Gasteiger partial charge in [0, 0.05) is 17.5 Å². The first-order chi connectivity index (χ1) is 16.0. The molecule has 33 heavy (non-hydrogen) atoms. The summed E-state index contributed by atoms with van der Waals surface area (Å²) in [6.07, 6.45) is 4.09. The lowest BCUT2D eigenvalue weighted by molar-refractivity contribution is -0.111. The Hall–Kier alpha value is -4.52. The zero-order valence-electron chi connectivity index (χ0n) is 18.1. The molecule has 0 atom stereocenters. The second-order valence-corrected chi connectivity index (χ2v) is 7.74. The van der Waals surface area contributed by atoms with Gasteiger partial charge in [0.15, 0.2) is 11.2 Å². The van der Waals surface area contributed by atoms with Gasteiger partial charge in [0.2, 0.25) is 5.91 Å². The van der Waals surface area contributed by atoms with E-state index in [1.165, 1.54) is 18.4 Å². The molecule has 0 saturated heterocycles. The first-order valence-corrected chi connectivity index (χ1v) is 10.4. The van der Waals surface area contributed by atoms with Crippen molar-refractivity contribution < 1.29 is 9.21 Å². The predicted octanol–water partition coefficient (Wildman–Crippen LogP) is 4.80. The first kappa shape index (κ1) is 20.4. The van der Waals surface area contributed by atoms with Crippen LogP contribution in [0.1, 0.15) is 16.8 Å². The summed E-state index contributed by atoms with van der Waals surface area (Å²) in [5, 5.41) is 8.85. The summed E-state index contributed by atoms with van der Waals surface area (Å²) in [5.74, 6) is 0.685. The number of carbonyl (C=O) groups is 1. The van der Waals surface area contributed by atoms with Crippen molar-refractivity contribution in [3.8, 4) is 5.82 Å². The Morgan fingerprint density at radius 1 is 1.03 bits per heavy atom. The van der Waals surface area contributed by atoms with Crippen LogP contribution in [0.25, 0.3) is 33.8 Å². The van der Waals surface area contributed by atoms with Crippen molar-refractivity contribution >= 4 is 39.7 Å². The number of nitrogens with one attached hydrogen (secondary N) is 1. The lowest BCUT2D eigenvalue weighted by atomic mass is 10.1. The summed E-state index contributed by atoms with van der Waals surface area (Å²) in [7, 11) is 0. The van der Waals surface area contributed by atoms with Crippen LogP contribution in [-0.2, 0) is 4.79 Å². The number of aryl methyl sites for hydroxylation is 2. The second-order valence-electron chi connectivity index (χ2n) is 7.74. The third kappa shape index (κ3) is 3.92. The molecule has 0 aliphatic rings. The SMILES string of the molecule is Cc1cc(NC(=O)/C=C/c2coc3ccccc3c2=O)n(-c2cc(C)c3ccccc3n2)n1. The molecule has 0 aliphatic carbocycles. The smallest absolute Gasteiger partial charge is 0.249 e. The molecule has 0 fully saturated rings. The van der Waals surface area contributed by atoms with Gasteiger partial charge < -0.3 is 9.73 Å². The minimum atomic E-state index is -0.402. The quantitative estimate of drug-likeness (QED) is 0.409. The number of carbonyl (C=O) groups excluding carboxylic acids is 1. The number of amides is 1. The zero-order chi connectivity index (χ0) is 22.9. The van der Waals surface area contributed by atoms with E-state index in [1.54, 1.807) is 35.0 Å². The molecule has 2 aromatic carbocycles. The van der Waals surface area contributed by atoms with E-state index in [2.05, 4.69) is 10.4 Å². The highest BCUT2D eigenvalue weighted by Gasteiger charge is 2.13. The Morgan fingerprint density at radius 2 is 1.79 bits per heavy atom. The Balaban J connectivity index is 1.44. The van der Waals surface area contributed by atoms with E-state index in [-0.39, 0.29) is 5.43 Å². The van der Waals surface area contributed by atoms with Crippen molar-refractivity contribution in [3.05, 3.63) is 100 Å². The molecular formula is C26H20N4O3. The molecule has 7 nitrogen and oxygen atoms in total. The normalized spacial score (nSPS) is 11.5. The first-order valence-electron chi connectivity index (χ1n) is 10.4. The van der Waals surface area contributed by atoms with Crippen molar-refractivity contribution in [1.29, 1.82) is 0 Å². The number of hydrogen-bond acceptors (Lipinski definition) is 5. The lowest BCUT2D eigenvalue weighted by Crippen LogP contribution is -2.13. The average molecular weight is 436 g/mol. The van der Waals surface area contributed by atoms with Crippen LogP contribution in [0, 0.1) is 13.8 Å². The monoisotopic (exact) mass is 436 g/mol. The fourth-order valence-corrected chi connectivity index (χ4v) is 3.74. The highest BCUT2D eigenvalue weighted by atomic mass is 16.3. The number of pyridine rings is 1. The van der Waals surface area contributed by atoms with E-state index < -0.39 is 5.91 Å². The van der Waals surface area contributed by atoms with E-state index in [0.717, 1.165) is 22.2 Å². The standard InChI is InChI=1S/C26H20N4O3/c1-16-13-23(27-21-9-5-3-7-19(16)21)30-24(14-17(2)29-30)28-25(31)12-11-18-15-33-22-10-6-4-8-20(22)26(18)32/h3-15H,1-2H3,(H,28,31)/b12-11+. The number of hydrogen-bond donors (Lipinski definition) is 1. The van der Waals surface area contributed by atoms with Crippen LogP contribution in [0.4, 0.5) is 5.82 Å². The molecule has 0 unspecified atom stereocenters. The fourth-order valence-electron chi connectivity index (χ4n) is 3.74. The maximum Gasteiger partial charge on any atom is 0.249 e. The summed E-state index contributed by atoms with van der Waals surface area (Å²) < 4.78 is 7.10. The van der Waals surface area contributed by atoms with Gasteiger partial charge in [0.05, 0.1) is 22.2 Å². The van der Waals surface area contributed by atoms with Gasteiger partial charge in [0.1, 0.15) is 17.7 Å². The van der Waals surface area contributed by atoms with Gasteiger partial charge in [-0.15, -0.1) is 0 Å². The van der Waals surface area contributed by atoms with E-state index >= 15 is 0 Å². The molecule has 7 heteroatoms. The molecule has 0 saturated carbocycles. The second kappa shape index (κ2) is 8.20. The topological polar surface area (TPSA) is 90.0 Å². The van der Waals surface area contributed by atoms with Crippen LogP contribution < -0.4 is 10.7 Å². The maximum atomic E-state index is 12.6. The van der Waals surface area contributed by atoms with E-state index in [1.807, 2.05) is 44.2 Å². The number of nitrogens with zero attached hydrogens (tertiary/aromatic N) is 3. The van der Waals surface area contributed by atoms with E-state index in [9.17, 15) is 9.59 Å². The molecule has 3 heterocycles. The summed E-state index contributed by atoms with van der Waals surface area (Å²) >= 11 is 0. The number of anilines is 1. The van der Waals surface area contributed by atoms with Gasteiger partial charge >= 0.3 is 0 Å². The van der Waals surface area contributed by atoms with E-state index in [0.29, 0.717) is 28.2 Å². The lowest BCUT2D eigenvalue weighted by Gasteiger charge is -2.10. The zero-order valence-corrected chi connectivity index (χ0v) is 18.1. The van der Waals surface area contributed by atoms with Crippen LogP contribution in [0.5, 0.6) is 0 Å². The summed E-state index contributed by atoms with van der Waals surface area (Å²) in [6, 6.07) is 18.6. The van der Waals surface area contributed by atoms with Crippen LogP contribution in [0.3, 0.4) is 0 Å². The molecule has 5 rings (SSSR count). The van der Waals surface area contributed by atoms with Crippen molar-refractivity contribution in [2.24, 2.45) is 0 Å². The number of fused-ring (bicyclic) bond motifs is 2. The Morgan fingerprint density at radius 3 is 2.64 bits per heavy atom. The largest absolute Gasteiger partial charge is 0.463 e. The molecule has 0 radical (unpaired) electrons. The average Bonchev–Trinajstić information content (AvgIpc) is 3.18. The molecule has 0 spiro atoms. The summed E-state index contributed by atoms with van der Waals surface area (Å²) in [6.45, 7) is 3.86. The highest BCUT2D eigenvalue weighted by molar-refractivity contribution is 6.01. The number of rotatable bonds is 4. The van der Waals surface area contributed by atoms with Gasteiger partial charge in [-0.3, -0.25) is 9.59 Å². The van der Waals surface area contributed by atoms with Crippen LogP contribution >= 0.6 is 0 Å². The van der Waals surface area contributed by atoms with Crippen molar-refractivity contribution in [2.75, 3.05) is 5.32 Å². The minimum absolute atomic E-state index is 0.197. The number of para-hydroxylation sites is 2. The molecule has 1 amide bonds. The molecule has 1 N–H and O–H groups in total. The van der Waals surface area contributed by atoms with Crippen LogP contribution in [0.2, 0.25) is 0 Å². The molecule has 0 bridgehead atoms. The Labute approximate surface area is 189 Å². The Bertz CT molecular complexity index is 1610.